The first-order valence-corrected chi connectivity index (χ1v) is 11.6. The number of aromatic nitrogens is 4. The van der Waals surface area contributed by atoms with E-state index in [0.717, 1.165) is 51.3 Å². The van der Waals surface area contributed by atoms with E-state index in [-0.39, 0.29) is 13.0 Å². The fourth-order valence-electron chi connectivity index (χ4n) is 3.70. The number of aliphatic carboxylic acids is 1. The van der Waals surface area contributed by atoms with Crippen LogP contribution in [0.25, 0.3) is 46.4 Å². The SMILES string of the molecule is C1=Cc2cc3ccc(cc4nc(cc5ccc(cc1n2)[nH]5)C=C4)[nH]3.CCCNC(CCO)C(=O)O. The van der Waals surface area contributed by atoms with Crippen molar-refractivity contribution in [3.8, 4) is 0 Å². The van der Waals surface area contributed by atoms with Gasteiger partial charge in [-0.2, -0.15) is 0 Å². The number of nitrogens with zero attached hydrogens (tertiary/aromatic N) is 2. The van der Waals surface area contributed by atoms with Gasteiger partial charge in [-0.25, -0.2) is 9.97 Å². The lowest BCUT2D eigenvalue weighted by molar-refractivity contribution is -0.139. The van der Waals surface area contributed by atoms with Crippen molar-refractivity contribution in [1.29, 1.82) is 0 Å². The Balaban J connectivity index is 0.000000225. The molecule has 8 nitrogen and oxygen atoms in total. The molecule has 0 spiro atoms. The Labute approximate surface area is 203 Å². The predicted molar refractivity (Wildman–Crippen MR) is 140 cm³/mol. The molecule has 0 aromatic carbocycles. The molecule has 8 bridgehead atoms. The molecule has 0 saturated heterocycles. The van der Waals surface area contributed by atoms with Crippen LogP contribution in [0.2, 0.25) is 0 Å². The summed E-state index contributed by atoms with van der Waals surface area (Å²) >= 11 is 0. The van der Waals surface area contributed by atoms with Gasteiger partial charge in [-0.3, -0.25) is 4.79 Å². The predicted octanol–water partition coefficient (Wildman–Crippen LogP) is 4.48. The molecule has 0 radical (unpaired) electrons. The van der Waals surface area contributed by atoms with Gasteiger partial charge in [-0.15, -0.1) is 0 Å². The van der Waals surface area contributed by atoms with Crippen LogP contribution in [0, 0.1) is 0 Å². The van der Waals surface area contributed by atoms with E-state index in [1.807, 2.05) is 55.5 Å². The normalized spacial score (nSPS) is 12.7. The third-order valence-corrected chi connectivity index (χ3v) is 5.40. The molecule has 0 fully saturated rings. The third-order valence-electron chi connectivity index (χ3n) is 5.40. The van der Waals surface area contributed by atoms with E-state index in [0.29, 0.717) is 6.54 Å². The molecule has 8 heteroatoms. The Kier molecular flexibility index (Phi) is 7.87. The van der Waals surface area contributed by atoms with E-state index in [4.69, 9.17) is 10.2 Å². The minimum Gasteiger partial charge on any atom is -0.480 e. The first kappa shape index (κ1) is 24.1. The molecule has 180 valence electrons. The smallest absolute Gasteiger partial charge is 0.320 e. The topological polar surface area (TPSA) is 127 Å². The zero-order chi connectivity index (χ0) is 24.6. The van der Waals surface area contributed by atoms with Crippen LogP contribution in [0.5, 0.6) is 0 Å². The number of carbonyl (C=O) groups is 1. The van der Waals surface area contributed by atoms with E-state index >= 15 is 0 Å². The molecule has 0 amide bonds. The number of carboxylic acid groups (broad SMARTS) is 1. The van der Waals surface area contributed by atoms with Gasteiger partial charge >= 0.3 is 5.97 Å². The van der Waals surface area contributed by atoms with Crippen LogP contribution < -0.4 is 5.32 Å². The molecule has 35 heavy (non-hydrogen) atoms. The summed E-state index contributed by atoms with van der Waals surface area (Å²) in [7, 11) is 0. The standard InChI is InChI=1S/C20H14N4.C7H15NO3/c1-2-14-10-16-5-6-18(23-16)12-20-8-7-19(24-20)11-17-4-3-15(22-17)9-13(1)21-14;1-2-4-8-6(3-5-9)7(10)11/h1-12,21,24H;6,8-9H,2-5H2,1H3,(H,10,11). The highest BCUT2D eigenvalue weighted by atomic mass is 16.4. The highest BCUT2D eigenvalue weighted by Gasteiger charge is 2.14. The molecule has 3 aromatic rings. The Morgan fingerprint density at radius 1 is 0.829 bits per heavy atom. The van der Waals surface area contributed by atoms with E-state index < -0.39 is 12.0 Å². The van der Waals surface area contributed by atoms with Crippen LogP contribution in [0.15, 0.2) is 48.5 Å². The van der Waals surface area contributed by atoms with Crippen LogP contribution in [-0.4, -0.2) is 55.3 Å². The number of hydrogen-bond acceptors (Lipinski definition) is 5. The summed E-state index contributed by atoms with van der Waals surface area (Å²) in [6, 6.07) is 15.8. The Hall–Kier alpha value is -4.01. The van der Waals surface area contributed by atoms with Gasteiger partial charge < -0.3 is 25.5 Å². The number of carboxylic acids is 1. The highest BCUT2D eigenvalue weighted by Crippen LogP contribution is 2.16. The zero-order valence-corrected chi connectivity index (χ0v) is 19.5. The zero-order valence-electron chi connectivity index (χ0n) is 19.5. The molecule has 5 heterocycles. The molecular formula is C27H29N5O3. The van der Waals surface area contributed by atoms with Gasteiger partial charge in [-0.1, -0.05) is 6.92 Å². The Morgan fingerprint density at radius 2 is 1.23 bits per heavy atom. The van der Waals surface area contributed by atoms with Crippen LogP contribution >= 0.6 is 0 Å². The van der Waals surface area contributed by atoms with E-state index in [1.54, 1.807) is 0 Å². The van der Waals surface area contributed by atoms with E-state index in [1.165, 1.54) is 0 Å². The van der Waals surface area contributed by atoms with Gasteiger partial charge in [-0.05, 0) is 92.2 Å². The summed E-state index contributed by atoms with van der Waals surface area (Å²) < 4.78 is 0. The summed E-state index contributed by atoms with van der Waals surface area (Å²) in [5.41, 5.74) is 7.86. The van der Waals surface area contributed by atoms with Gasteiger partial charge in [0.15, 0.2) is 0 Å². The number of hydrogen-bond donors (Lipinski definition) is 5. The van der Waals surface area contributed by atoms with Crippen LogP contribution in [-0.2, 0) is 4.79 Å². The third kappa shape index (κ3) is 6.75. The van der Waals surface area contributed by atoms with Gasteiger partial charge in [0.05, 0.1) is 22.8 Å². The van der Waals surface area contributed by atoms with Gasteiger partial charge in [0.2, 0.25) is 0 Å². The molecule has 2 aliphatic heterocycles. The first-order chi connectivity index (χ1) is 17.0. The molecule has 3 aromatic heterocycles. The second kappa shape index (κ2) is 11.4. The fourth-order valence-corrected chi connectivity index (χ4v) is 3.70. The number of H-pyrrole nitrogens is 2. The largest absolute Gasteiger partial charge is 0.480 e. The van der Waals surface area contributed by atoms with Crippen molar-refractivity contribution in [2.24, 2.45) is 0 Å². The molecule has 0 aliphatic carbocycles. The van der Waals surface area contributed by atoms with Crippen molar-refractivity contribution in [3.63, 3.8) is 0 Å². The maximum absolute atomic E-state index is 10.4. The molecule has 0 saturated carbocycles. The number of fused-ring (bicyclic) bond motifs is 8. The monoisotopic (exact) mass is 471 g/mol. The summed E-state index contributed by atoms with van der Waals surface area (Å²) in [5.74, 6) is -0.896. The lowest BCUT2D eigenvalue weighted by atomic mass is 10.2. The maximum atomic E-state index is 10.4. The summed E-state index contributed by atoms with van der Waals surface area (Å²) in [6.45, 7) is 2.55. The number of nitrogens with one attached hydrogen (secondary N) is 3. The molecule has 5 rings (SSSR count). The van der Waals surface area contributed by atoms with Gasteiger partial charge in [0.25, 0.3) is 0 Å². The van der Waals surface area contributed by atoms with Crippen molar-refractivity contribution >= 4 is 52.3 Å². The Morgan fingerprint density at radius 3 is 1.54 bits per heavy atom. The highest BCUT2D eigenvalue weighted by molar-refractivity contribution is 5.77. The first-order valence-electron chi connectivity index (χ1n) is 11.6. The lowest BCUT2D eigenvalue weighted by Crippen LogP contribution is -2.37. The van der Waals surface area contributed by atoms with Gasteiger partial charge in [0.1, 0.15) is 6.04 Å². The van der Waals surface area contributed by atoms with Crippen molar-refractivity contribution in [3.05, 3.63) is 71.3 Å². The summed E-state index contributed by atoms with van der Waals surface area (Å²) in [6.07, 6.45) is 9.26. The molecule has 1 unspecified atom stereocenters. The number of rotatable bonds is 6. The van der Waals surface area contributed by atoms with Crippen LogP contribution in [0.4, 0.5) is 0 Å². The van der Waals surface area contributed by atoms with Crippen molar-refractivity contribution < 1.29 is 15.0 Å². The molecule has 5 N–H and O–H groups in total. The maximum Gasteiger partial charge on any atom is 0.320 e. The van der Waals surface area contributed by atoms with Crippen LogP contribution in [0.3, 0.4) is 0 Å². The quantitative estimate of drug-likeness (QED) is 0.249. The average Bonchev–Trinajstić information content (AvgIpc) is 3.63. The average molecular weight is 472 g/mol. The fraction of sp³-hybridized carbons (Fsp3) is 0.222. The summed E-state index contributed by atoms with van der Waals surface area (Å²) in [4.78, 5) is 26.4. The minimum atomic E-state index is -0.896. The number of aliphatic hydroxyl groups is 1. The van der Waals surface area contributed by atoms with Crippen molar-refractivity contribution in [2.75, 3.05) is 13.2 Å². The van der Waals surface area contributed by atoms with Crippen molar-refractivity contribution in [1.82, 2.24) is 25.3 Å². The Bertz CT molecular complexity index is 1230. The molecule has 1 atom stereocenters. The molecular weight excluding hydrogens is 442 g/mol. The van der Waals surface area contributed by atoms with Crippen LogP contribution in [0.1, 0.15) is 42.5 Å². The van der Waals surface area contributed by atoms with E-state index in [9.17, 15) is 4.79 Å². The minimum absolute atomic E-state index is 0.0896. The number of aromatic amines is 2. The van der Waals surface area contributed by atoms with E-state index in [2.05, 4.69) is 49.5 Å². The van der Waals surface area contributed by atoms with Crippen molar-refractivity contribution in [2.45, 2.75) is 25.8 Å². The lowest BCUT2D eigenvalue weighted by Gasteiger charge is -2.11. The molecule has 2 aliphatic rings. The number of aliphatic hydroxyl groups excluding tert-OH is 1. The summed E-state index contributed by atoms with van der Waals surface area (Å²) in [5, 5.41) is 19.8. The second-order valence-electron chi connectivity index (χ2n) is 8.26. The van der Waals surface area contributed by atoms with Gasteiger partial charge in [0, 0.05) is 28.7 Å². The second-order valence-corrected chi connectivity index (χ2v) is 8.26.